The van der Waals surface area contributed by atoms with E-state index < -0.39 is 22.8 Å². The van der Waals surface area contributed by atoms with E-state index in [1.165, 1.54) is 7.05 Å². The lowest BCUT2D eigenvalue weighted by atomic mass is 10.1. The van der Waals surface area contributed by atoms with E-state index in [4.69, 9.17) is 14.6 Å². The molecule has 0 saturated heterocycles. The van der Waals surface area contributed by atoms with Crippen LogP contribution in [0.25, 0.3) is 10.9 Å². The number of aromatic carboxylic acids is 1. The number of rotatable bonds is 1. The van der Waals surface area contributed by atoms with Crippen molar-refractivity contribution >= 4 is 16.9 Å². The van der Waals surface area contributed by atoms with Gasteiger partial charge in [-0.15, -0.1) is 0 Å². The second-order valence-electron chi connectivity index (χ2n) is 4.09. The molecular weight excluding hydrogens is 254 g/mol. The van der Waals surface area contributed by atoms with Crippen LogP contribution in [0.5, 0.6) is 17.2 Å². The van der Waals surface area contributed by atoms with Crippen molar-refractivity contribution in [3.63, 3.8) is 0 Å². The number of aryl methyl sites for hydroxylation is 1. The average Bonchev–Trinajstić information content (AvgIpc) is 2.82. The van der Waals surface area contributed by atoms with Gasteiger partial charge in [-0.2, -0.15) is 0 Å². The van der Waals surface area contributed by atoms with E-state index in [0.29, 0.717) is 11.3 Å². The molecule has 7 nitrogen and oxygen atoms in total. The minimum atomic E-state index is -1.49. The predicted molar refractivity (Wildman–Crippen MR) is 63.9 cm³/mol. The fraction of sp³-hybridized carbons (Fsp3) is 0.167. The highest BCUT2D eigenvalue weighted by molar-refractivity contribution is 6.02. The number of pyridine rings is 1. The van der Waals surface area contributed by atoms with E-state index >= 15 is 0 Å². The molecule has 2 heterocycles. The van der Waals surface area contributed by atoms with Gasteiger partial charge in [0.2, 0.25) is 6.79 Å². The molecule has 98 valence electrons. The summed E-state index contributed by atoms with van der Waals surface area (Å²) in [5.74, 6) is -1.45. The molecule has 7 heteroatoms. The molecule has 1 aliphatic rings. The van der Waals surface area contributed by atoms with Gasteiger partial charge < -0.3 is 24.3 Å². The third-order valence-electron chi connectivity index (χ3n) is 3.08. The SMILES string of the molecule is Cn1c(=O)c(C(=O)O)c(O)c2c3c(ccc21)OCO3. The molecule has 0 saturated carbocycles. The van der Waals surface area contributed by atoms with E-state index in [1.54, 1.807) is 12.1 Å². The van der Waals surface area contributed by atoms with Crippen LogP contribution in [0.3, 0.4) is 0 Å². The Bertz CT molecular complexity index is 776. The molecule has 19 heavy (non-hydrogen) atoms. The van der Waals surface area contributed by atoms with Crippen LogP contribution >= 0.6 is 0 Å². The van der Waals surface area contributed by atoms with Crippen LogP contribution in [0, 0.1) is 0 Å². The zero-order valence-corrected chi connectivity index (χ0v) is 9.84. The number of hydrogen-bond donors (Lipinski definition) is 2. The predicted octanol–water partition coefficient (Wildman–Crippen LogP) is 0.671. The maximum Gasteiger partial charge on any atom is 0.345 e. The Balaban J connectivity index is 2.56. The first-order valence-corrected chi connectivity index (χ1v) is 5.40. The molecule has 0 bridgehead atoms. The van der Waals surface area contributed by atoms with Crippen LogP contribution < -0.4 is 15.0 Å². The van der Waals surface area contributed by atoms with Crippen molar-refractivity contribution in [3.05, 3.63) is 28.0 Å². The lowest BCUT2D eigenvalue weighted by Gasteiger charge is -2.11. The highest BCUT2D eigenvalue weighted by atomic mass is 16.7. The lowest BCUT2D eigenvalue weighted by molar-refractivity contribution is 0.0691. The molecule has 1 aliphatic heterocycles. The number of carbonyl (C=O) groups is 1. The Kier molecular flexibility index (Phi) is 2.19. The number of carboxylic acids is 1. The molecule has 3 rings (SSSR count). The third kappa shape index (κ3) is 1.38. The minimum Gasteiger partial charge on any atom is -0.506 e. The smallest absolute Gasteiger partial charge is 0.345 e. The number of aromatic nitrogens is 1. The maximum atomic E-state index is 11.9. The third-order valence-corrected chi connectivity index (χ3v) is 3.08. The average molecular weight is 263 g/mol. The van der Waals surface area contributed by atoms with Gasteiger partial charge in [-0.3, -0.25) is 4.79 Å². The standard InChI is InChI=1S/C12H9NO6/c1-13-5-2-3-6-10(19-4-18-6)7(5)9(14)8(11(13)15)12(16)17/h2-3,14H,4H2,1H3,(H,16,17). The summed E-state index contributed by atoms with van der Waals surface area (Å²) in [6.07, 6.45) is 0. The molecule has 0 aliphatic carbocycles. The van der Waals surface area contributed by atoms with E-state index in [-0.39, 0.29) is 17.9 Å². The topological polar surface area (TPSA) is 98.0 Å². The summed E-state index contributed by atoms with van der Waals surface area (Å²) in [5.41, 5.74) is -1.09. The molecule has 1 aromatic carbocycles. The first kappa shape index (κ1) is 11.4. The monoisotopic (exact) mass is 263 g/mol. The van der Waals surface area contributed by atoms with Gasteiger partial charge in [-0.25, -0.2) is 4.79 Å². The van der Waals surface area contributed by atoms with Crippen molar-refractivity contribution in [2.45, 2.75) is 0 Å². The number of carboxylic acid groups (broad SMARTS) is 1. The first-order valence-electron chi connectivity index (χ1n) is 5.40. The van der Waals surface area contributed by atoms with Crippen molar-refractivity contribution in [1.29, 1.82) is 0 Å². The van der Waals surface area contributed by atoms with Crippen molar-refractivity contribution in [1.82, 2.24) is 4.57 Å². The lowest BCUT2D eigenvalue weighted by Crippen LogP contribution is -2.24. The number of fused-ring (bicyclic) bond motifs is 3. The maximum absolute atomic E-state index is 11.9. The van der Waals surface area contributed by atoms with Crippen molar-refractivity contribution < 1.29 is 24.5 Å². The van der Waals surface area contributed by atoms with Gasteiger partial charge in [0.05, 0.1) is 10.9 Å². The molecule has 0 unspecified atom stereocenters. The summed E-state index contributed by atoms with van der Waals surface area (Å²) < 4.78 is 11.5. The molecule has 0 spiro atoms. The summed E-state index contributed by atoms with van der Waals surface area (Å²) in [5, 5.41) is 19.3. The zero-order valence-electron chi connectivity index (χ0n) is 9.84. The molecular formula is C12H9NO6. The Labute approximate surface area is 106 Å². The first-order chi connectivity index (χ1) is 9.02. The van der Waals surface area contributed by atoms with Gasteiger partial charge in [0.15, 0.2) is 17.1 Å². The number of hydrogen-bond acceptors (Lipinski definition) is 5. The molecule has 0 fully saturated rings. The molecule has 0 amide bonds. The highest BCUT2D eigenvalue weighted by Crippen LogP contribution is 2.43. The number of ether oxygens (including phenoxy) is 2. The highest BCUT2D eigenvalue weighted by Gasteiger charge is 2.26. The van der Waals surface area contributed by atoms with Crippen LogP contribution in [0.2, 0.25) is 0 Å². The van der Waals surface area contributed by atoms with E-state index in [1.807, 2.05) is 0 Å². The Morgan fingerprint density at radius 3 is 2.79 bits per heavy atom. The number of aromatic hydroxyl groups is 1. The normalized spacial score (nSPS) is 12.9. The van der Waals surface area contributed by atoms with Crippen LogP contribution in [0.1, 0.15) is 10.4 Å². The van der Waals surface area contributed by atoms with Crippen LogP contribution in [0.4, 0.5) is 0 Å². The van der Waals surface area contributed by atoms with Gasteiger partial charge in [-0.05, 0) is 12.1 Å². The fourth-order valence-electron chi connectivity index (χ4n) is 2.17. The molecule has 0 radical (unpaired) electrons. The second-order valence-corrected chi connectivity index (χ2v) is 4.09. The molecule has 1 aromatic heterocycles. The largest absolute Gasteiger partial charge is 0.506 e. The van der Waals surface area contributed by atoms with Gasteiger partial charge in [0.1, 0.15) is 5.75 Å². The summed E-state index contributed by atoms with van der Waals surface area (Å²) >= 11 is 0. The number of benzene rings is 1. The van der Waals surface area contributed by atoms with Crippen molar-refractivity contribution in [2.75, 3.05) is 6.79 Å². The van der Waals surface area contributed by atoms with Crippen LogP contribution in [-0.2, 0) is 7.05 Å². The molecule has 2 aromatic rings. The van der Waals surface area contributed by atoms with Crippen molar-refractivity contribution in [2.24, 2.45) is 7.05 Å². The molecule has 2 N–H and O–H groups in total. The van der Waals surface area contributed by atoms with E-state index in [9.17, 15) is 14.7 Å². The van der Waals surface area contributed by atoms with Gasteiger partial charge in [-0.1, -0.05) is 0 Å². The minimum absolute atomic E-state index is 0.0147. The summed E-state index contributed by atoms with van der Waals surface area (Å²) in [6.45, 7) is -0.0147. The fourth-order valence-corrected chi connectivity index (χ4v) is 2.17. The zero-order chi connectivity index (χ0) is 13.7. The summed E-state index contributed by atoms with van der Waals surface area (Å²) in [7, 11) is 1.43. The summed E-state index contributed by atoms with van der Waals surface area (Å²) in [6, 6.07) is 3.17. The van der Waals surface area contributed by atoms with Crippen molar-refractivity contribution in [3.8, 4) is 17.2 Å². The number of nitrogens with zero attached hydrogens (tertiary/aromatic N) is 1. The quantitative estimate of drug-likeness (QED) is 0.784. The van der Waals surface area contributed by atoms with Crippen LogP contribution in [-0.4, -0.2) is 27.5 Å². The second kappa shape index (κ2) is 3.64. The van der Waals surface area contributed by atoms with E-state index in [0.717, 1.165) is 4.57 Å². The Morgan fingerprint density at radius 1 is 1.37 bits per heavy atom. The Hall–Kier alpha value is -2.70. The van der Waals surface area contributed by atoms with Gasteiger partial charge >= 0.3 is 5.97 Å². The molecule has 0 atom stereocenters. The van der Waals surface area contributed by atoms with Gasteiger partial charge in [0.25, 0.3) is 5.56 Å². The van der Waals surface area contributed by atoms with E-state index in [2.05, 4.69) is 0 Å². The van der Waals surface area contributed by atoms with Gasteiger partial charge in [0, 0.05) is 7.05 Å². The van der Waals surface area contributed by atoms with Crippen LogP contribution in [0.15, 0.2) is 16.9 Å². The Morgan fingerprint density at radius 2 is 2.11 bits per heavy atom. The summed E-state index contributed by atoms with van der Waals surface area (Å²) in [4.78, 5) is 23.0.